The molecule has 0 saturated carbocycles. The van der Waals surface area contributed by atoms with Crippen molar-refractivity contribution in [3.05, 3.63) is 82.9 Å². The number of phenols is 2. The highest BCUT2D eigenvalue weighted by Gasteiger charge is 2.29. The number of benzene rings is 3. The van der Waals surface area contributed by atoms with Crippen molar-refractivity contribution >= 4 is 12.1 Å². The van der Waals surface area contributed by atoms with Gasteiger partial charge in [0.25, 0.3) is 0 Å². The van der Waals surface area contributed by atoms with Crippen LogP contribution in [0.4, 0.5) is 4.79 Å². The standard InChI is InChI=1S/C26H25NO8/c28-21(24(31)18-11-19(25(32)33)23(30)12-22(18)29)9-10-27-26(34)35-13-20-16-7-3-1-5-14(16)15-6-2-4-8-17(15)20/h1-8,11-12,20-21,24,28-31H,9-10,13H2,(H,27,34)(H,32,33). The fourth-order valence-electron chi connectivity index (χ4n) is 4.34. The third-order valence-corrected chi connectivity index (χ3v) is 6.11. The Morgan fingerprint density at radius 2 is 1.51 bits per heavy atom. The molecule has 0 fully saturated rings. The smallest absolute Gasteiger partial charge is 0.407 e. The number of carbonyl (C=O) groups excluding carboxylic acids is 1. The van der Waals surface area contributed by atoms with E-state index in [1.165, 1.54) is 0 Å². The molecule has 1 aliphatic rings. The summed E-state index contributed by atoms with van der Waals surface area (Å²) in [6, 6.07) is 17.6. The van der Waals surface area contributed by atoms with E-state index < -0.39 is 41.3 Å². The molecule has 9 heteroatoms. The number of carbonyl (C=O) groups is 2. The third kappa shape index (κ3) is 4.91. The molecule has 0 spiro atoms. The molecule has 3 aromatic carbocycles. The average molecular weight is 479 g/mol. The average Bonchev–Trinajstić information content (AvgIpc) is 3.16. The van der Waals surface area contributed by atoms with E-state index in [1.54, 1.807) is 0 Å². The first-order valence-electron chi connectivity index (χ1n) is 11.0. The van der Waals surface area contributed by atoms with Crippen LogP contribution >= 0.6 is 0 Å². The van der Waals surface area contributed by atoms with Crippen molar-refractivity contribution < 1.29 is 39.9 Å². The molecule has 9 nitrogen and oxygen atoms in total. The lowest BCUT2D eigenvalue weighted by atomic mass is 9.98. The van der Waals surface area contributed by atoms with Crippen molar-refractivity contribution in [2.45, 2.75) is 24.5 Å². The van der Waals surface area contributed by atoms with Gasteiger partial charge in [-0.05, 0) is 34.7 Å². The van der Waals surface area contributed by atoms with Gasteiger partial charge in [0.05, 0.1) is 6.10 Å². The molecule has 6 N–H and O–H groups in total. The predicted octanol–water partition coefficient (Wildman–Crippen LogP) is 3.12. The van der Waals surface area contributed by atoms with Crippen LogP contribution in [0.5, 0.6) is 11.5 Å². The second kappa shape index (κ2) is 10.0. The number of rotatable bonds is 8. The highest BCUT2D eigenvalue weighted by Crippen LogP contribution is 2.44. The van der Waals surface area contributed by atoms with Crippen LogP contribution in [0.1, 0.15) is 45.5 Å². The van der Waals surface area contributed by atoms with Crippen LogP contribution in [-0.2, 0) is 4.74 Å². The third-order valence-electron chi connectivity index (χ3n) is 6.11. The van der Waals surface area contributed by atoms with Gasteiger partial charge in [0, 0.05) is 24.1 Å². The van der Waals surface area contributed by atoms with Gasteiger partial charge in [-0.3, -0.25) is 0 Å². The Labute approximate surface area is 200 Å². The number of fused-ring (bicyclic) bond motifs is 3. The number of aromatic hydroxyl groups is 2. The number of nitrogens with one attached hydrogen (secondary N) is 1. The molecule has 2 unspecified atom stereocenters. The minimum Gasteiger partial charge on any atom is -0.507 e. The molecule has 35 heavy (non-hydrogen) atoms. The second-order valence-electron chi connectivity index (χ2n) is 8.29. The van der Waals surface area contributed by atoms with Crippen LogP contribution in [0, 0.1) is 0 Å². The number of hydrogen-bond donors (Lipinski definition) is 6. The van der Waals surface area contributed by atoms with Gasteiger partial charge in [-0.2, -0.15) is 0 Å². The van der Waals surface area contributed by atoms with Gasteiger partial charge in [-0.15, -0.1) is 0 Å². The number of hydrogen-bond acceptors (Lipinski definition) is 7. The van der Waals surface area contributed by atoms with E-state index in [4.69, 9.17) is 9.84 Å². The summed E-state index contributed by atoms with van der Waals surface area (Å²) < 4.78 is 5.41. The summed E-state index contributed by atoms with van der Waals surface area (Å²) in [7, 11) is 0. The zero-order valence-electron chi connectivity index (χ0n) is 18.6. The lowest BCUT2D eigenvalue weighted by Gasteiger charge is -2.20. The van der Waals surface area contributed by atoms with E-state index in [0.717, 1.165) is 34.4 Å². The Morgan fingerprint density at radius 1 is 0.914 bits per heavy atom. The van der Waals surface area contributed by atoms with Gasteiger partial charge in [0.1, 0.15) is 29.8 Å². The maximum absolute atomic E-state index is 12.2. The molecule has 1 aliphatic carbocycles. The van der Waals surface area contributed by atoms with Gasteiger partial charge in [0.2, 0.25) is 0 Å². The SMILES string of the molecule is O=C(NCCC(O)C(O)c1cc(C(=O)O)c(O)cc1O)OCC1c2ccccc2-c2ccccc21. The Morgan fingerprint density at radius 3 is 2.11 bits per heavy atom. The van der Waals surface area contributed by atoms with Crippen LogP contribution in [-0.4, -0.2) is 56.9 Å². The molecule has 182 valence electrons. The first kappa shape index (κ1) is 24.1. The quantitative estimate of drug-likeness (QED) is 0.288. The van der Waals surface area contributed by atoms with Crippen molar-refractivity contribution in [2.75, 3.05) is 13.2 Å². The highest BCUT2D eigenvalue weighted by atomic mass is 16.5. The molecular formula is C26H25NO8. The normalized spacial score (nSPS) is 14.0. The first-order valence-corrected chi connectivity index (χ1v) is 11.0. The molecular weight excluding hydrogens is 454 g/mol. The van der Waals surface area contributed by atoms with Gasteiger partial charge in [-0.1, -0.05) is 48.5 Å². The Balaban J connectivity index is 1.31. The lowest BCUT2D eigenvalue weighted by molar-refractivity contribution is 0.0122. The van der Waals surface area contributed by atoms with E-state index in [1.807, 2.05) is 48.5 Å². The molecule has 0 radical (unpaired) electrons. The molecule has 4 rings (SSSR count). The van der Waals surface area contributed by atoms with Crippen molar-refractivity contribution in [3.8, 4) is 22.6 Å². The minimum atomic E-state index is -1.64. The second-order valence-corrected chi connectivity index (χ2v) is 8.29. The summed E-state index contributed by atoms with van der Waals surface area (Å²) >= 11 is 0. The fourth-order valence-corrected chi connectivity index (χ4v) is 4.34. The highest BCUT2D eigenvalue weighted by molar-refractivity contribution is 5.91. The molecule has 2 atom stereocenters. The number of carboxylic acids is 1. The van der Waals surface area contributed by atoms with Crippen molar-refractivity contribution in [1.82, 2.24) is 5.32 Å². The maximum atomic E-state index is 12.2. The molecule has 0 bridgehead atoms. The number of amides is 1. The van der Waals surface area contributed by atoms with Crippen molar-refractivity contribution in [3.63, 3.8) is 0 Å². The molecule has 3 aromatic rings. The van der Waals surface area contributed by atoms with Crippen molar-refractivity contribution in [1.29, 1.82) is 0 Å². The zero-order chi connectivity index (χ0) is 25.1. The number of aromatic carboxylic acids is 1. The summed E-state index contributed by atoms with van der Waals surface area (Å²) in [6.07, 6.45) is -3.86. The fraction of sp³-hybridized carbons (Fsp3) is 0.231. The summed E-state index contributed by atoms with van der Waals surface area (Å²) in [5, 5.41) is 51.7. The summed E-state index contributed by atoms with van der Waals surface area (Å²) in [5.41, 5.74) is 3.59. The lowest BCUT2D eigenvalue weighted by Crippen LogP contribution is -2.30. The number of alkyl carbamates (subject to hydrolysis) is 1. The van der Waals surface area contributed by atoms with Crippen LogP contribution in [0.25, 0.3) is 11.1 Å². The van der Waals surface area contributed by atoms with E-state index in [0.29, 0.717) is 0 Å². The van der Waals surface area contributed by atoms with E-state index in [-0.39, 0.29) is 31.1 Å². The molecule has 0 saturated heterocycles. The van der Waals surface area contributed by atoms with Crippen LogP contribution < -0.4 is 5.32 Å². The zero-order valence-corrected chi connectivity index (χ0v) is 18.6. The van der Waals surface area contributed by atoms with Gasteiger partial charge in [0.15, 0.2) is 0 Å². The minimum absolute atomic E-state index is 0.0421. The number of ether oxygens (including phenoxy) is 1. The number of carboxylic acid groups (broad SMARTS) is 1. The summed E-state index contributed by atoms with van der Waals surface area (Å²) in [4.78, 5) is 23.4. The Bertz CT molecular complexity index is 1210. The van der Waals surface area contributed by atoms with Gasteiger partial charge >= 0.3 is 12.1 Å². The maximum Gasteiger partial charge on any atom is 0.407 e. The Kier molecular flexibility index (Phi) is 6.90. The summed E-state index contributed by atoms with van der Waals surface area (Å²) in [6.45, 7) is 0.0872. The molecule has 0 heterocycles. The Hall–Kier alpha value is -4.08. The number of phenolic OH excluding ortho intramolecular Hbond substituents is 1. The van der Waals surface area contributed by atoms with Crippen molar-refractivity contribution in [2.24, 2.45) is 0 Å². The van der Waals surface area contributed by atoms with Crippen LogP contribution in [0.15, 0.2) is 60.7 Å². The van der Waals surface area contributed by atoms with Crippen LogP contribution in [0.3, 0.4) is 0 Å². The topological polar surface area (TPSA) is 157 Å². The predicted molar refractivity (Wildman–Crippen MR) is 125 cm³/mol. The van der Waals surface area contributed by atoms with Gasteiger partial charge < -0.3 is 35.6 Å². The largest absolute Gasteiger partial charge is 0.507 e. The number of aliphatic hydroxyl groups excluding tert-OH is 2. The first-order chi connectivity index (χ1) is 16.8. The van der Waals surface area contributed by atoms with Crippen LogP contribution in [0.2, 0.25) is 0 Å². The molecule has 0 aromatic heterocycles. The number of aliphatic hydroxyl groups is 2. The van der Waals surface area contributed by atoms with E-state index in [9.17, 15) is 30.0 Å². The molecule has 0 aliphatic heterocycles. The van der Waals surface area contributed by atoms with Gasteiger partial charge in [-0.25, -0.2) is 9.59 Å². The monoisotopic (exact) mass is 479 g/mol. The van der Waals surface area contributed by atoms with E-state index >= 15 is 0 Å². The van der Waals surface area contributed by atoms with E-state index in [2.05, 4.69) is 5.32 Å². The summed E-state index contributed by atoms with van der Waals surface area (Å²) in [5.74, 6) is -2.79. The molecule has 1 amide bonds.